The van der Waals surface area contributed by atoms with E-state index in [-0.39, 0.29) is 9.79 Å². The van der Waals surface area contributed by atoms with Gasteiger partial charge >= 0.3 is 0 Å². The average Bonchev–Trinajstić information content (AvgIpc) is 3.23. The molecule has 2 aliphatic heterocycles. The van der Waals surface area contributed by atoms with Crippen LogP contribution in [0.2, 0.25) is 0 Å². The smallest absolute Gasteiger partial charge is 0.249 e. The quantitative estimate of drug-likeness (QED) is 0.639. The molecule has 2 aromatic carbocycles. The van der Waals surface area contributed by atoms with Gasteiger partial charge in [-0.25, -0.2) is 8.42 Å². The van der Waals surface area contributed by atoms with Crippen molar-refractivity contribution in [3.8, 4) is 11.5 Å². The molecule has 0 amide bonds. The second-order valence-corrected chi connectivity index (χ2v) is 9.90. The number of benzene rings is 2. The molecule has 2 heterocycles. The number of piperidine rings is 1. The summed E-state index contributed by atoms with van der Waals surface area (Å²) in [6.07, 6.45) is 1.34. The van der Waals surface area contributed by atoms with E-state index in [2.05, 4.69) is 5.32 Å². The summed E-state index contributed by atoms with van der Waals surface area (Å²) in [6.45, 7) is 2.35. The van der Waals surface area contributed by atoms with Gasteiger partial charge in [-0.05, 0) is 48.4 Å². The molecule has 176 valence electrons. The summed E-state index contributed by atoms with van der Waals surface area (Å²) >= 11 is -2.22. The highest BCUT2D eigenvalue weighted by molar-refractivity contribution is 7.89. The lowest BCUT2D eigenvalue weighted by Crippen LogP contribution is -2.53. The lowest BCUT2D eigenvalue weighted by molar-refractivity contribution is -0.0705. The van der Waals surface area contributed by atoms with E-state index in [0.29, 0.717) is 37.5 Å². The van der Waals surface area contributed by atoms with E-state index in [4.69, 9.17) is 14.2 Å². The fourth-order valence-corrected chi connectivity index (χ4v) is 6.24. The monoisotopic (exact) mass is 483 g/mol. The second-order valence-electron chi connectivity index (χ2n) is 7.16. The molecule has 2 fully saturated rings. The molecule has 1 spiro atoms. The zero-order valence-electron chi connectivity index (χ0n) is 18.0. The molecule has 4 rings (SSSR count). The molecule has 2 saturated heterocycles. The number of para-hydroxylation sites is 2. The molecule has 11 heteroatoms. The fraction of sp³-hybridized carbons (Fsp3) is 0.429. The van der Waals surface area contributed by atoms with Crippen LogP contribution in [0.5, 0.6) is 11.5 Å². The summed E-state index contributed by atoms with van der Waals surface area (Å²) in [7, 11) is -0.716. The van der Waals surface area contributed by atoms with Crippen LogP contribution in [-0.4, -0.2) is 67.7 Å². The van der Waals surface area contributed by atoms with Gasteiger partial charge in [-0.1, -0.05) is 24.3 Å². The largest absolute Gasteiger partial charge is 0.768 e. The van der Waals surface area contributed by atoms with Crippen molar-refractivity contribution < 1.29 is 31.4 Å². The number of sulfonamides is 1. The standard InChI is InChI=1S/C14H20N2O4S.C7H8O3S/c1-19-12-4-2-3-5-13(12)21(17,18)16-10-11-20-14(16)6-8-15-9-7-14;1-10-6-4-2-3-5-7(6)11(8)9/h2-5,15H,6-11H2,1H3;2-5H,1H3,(H,8,9)/p-1. The minimum atomic E-state index is -3.63. The molecule has 0 saturated carbocycles. The molecule has 9 nitrogen and oxygen atoms in total. The molecule has 0 radical (unpaired) electrons. The van der Waals surface area contributed by atoms with E-state index in [1.165, 1.54) is 24.6 Å². The minimum absolute atomic E-state index is 0.190. The van der Waals surface area contributed by atoms with Crippen molar-refractivity contribution in [1.29, 1.82) is 0 Å². The Hall–Kier alpha value is -2.02. The maximum atomic E-state index is 13.0. The minimum Gasteiger partial charge on any atom is -0.768 e. The number of nitrogens with one attached hydrogen (secondary N) is 1. The third-order valence-electron chi connectivity index (χ3n) is 5.39. The highest BCUT2D eigenvalue weighted by Crippen LogP contribution is 2.38. The highest BCUT2D eigenvalue weighted by atomic mass is 32.2. The highest BCUT2D eigenvalue weighted by Gasteiger charge is 2.49. The molecular formula is C21H27N2O7S2-. The van der Waals surface area contributed by atoms with Crippen molar-refractivity contribution in [2.75, 3.05) is 40.5 Å². The van der Waals surface area contributed by atoms with Crippen LogP contribution in [0.25, 0.3) is 0 Å². The second kappa shape index (κ2) is 10.7. The number of ether oxygens (including phenoxy) is 3. The third-order valence-corrected chi connectivity index (χ3v) is 8.08. The van der Waals surface area contributed by atoms with E-state index >= 15 is 0 Å². The van der Waals surface area contributed by atoms with E-state index < -0.39 is 26.8 Å². The number of hydrogen-bond donors (Lipinski definition) is 1. The molecular weight excluding hydrogens is 456 g/mol. The summed E-state index contributed by atoms with van der Waals surface area (Å²) in [5.41, 5.74) is -0.703. The molecule has 0 aliphatic carbocycles. The van der Waals surface area contributed by atoms with E-state index in [0.717, 1.165) is 13.1 Å². The van der Waals surface area contributed by atoms with Crippen molar-refractivity contribution >= 4 is 21.1 Å². The molecule has 0 bridgehead atoms. The first-order chi connectivity index (χ1) is 15.4. The van der Waals surface area contributed by atoms with Crippen molar-refractivity contribution in [1.82, 2.24) is 9.62 Å². The lowest BCUT2D eigenvalue weighted by atomic mass is 10.0. The Morgan fingerprint density at radius 2 is 1.62 bits per heavy atom. The van der Waals surface area contributed by atoms with E-state index in [9.17, 15) is 17.2 Å². The summed E-state index contributed by atoms with van der Waals surface area (Å²) < 4.78 is 64.4. The Labute approximate surface area is 191 Å². The maximum Gasteiger partial charge on any atom is 0.249 e. The van der Waals surface area contributed by atoms with Crippen molar-refractivity contribution in [3.63, 3.8) is 0 Å². The van der Waals surface area contributed by atoms with Gasteiger partial charge in [0, 0.05) is 19.4 Å². The summed E-state index contributed by atoms with van der Waals surface area (Å²) in [5.74, 6) is 0.745. The Bertz CT molecular complexity index is 1040. The average molecular weight is 484 g/mol. The normalized spacial score (nSPS) is 19.1. The Kier molecular flexibility index (Phi) is 8.26. The maximum absolute atomic E-state index is 13.0. The van der Waals surface area contributed by atoms with Gasteiger partial charge in [0.25, 0.3) is 0 Å². The van der Waals surface area contributed by atoms with Gasteiger partial charge in [0.15, 0.2) is 0 Å². The predicted molar refractivity (Wildman–Crippen MR) is 118 cm³/mol. The van der Waals surface area contributed by atoms with Gasteiger partial charge in [-0.2, -0.15) is 4.31 Å². The van der Waals surface area contributed by atoms with Crippen LogP contribution in [0.15, 0.2) is 58.3 Å². The van der Waals surface area contributed by atoms with Crippen molar-refractivity contribution in [3.05, 3.63) is 48.5 Å². The molecule has 32 heavy (non-hydrogen) atoms. The lowest BCUT2D eigenvalue weighted by Gasteiger charge is -2.39. The zero-order chi connectivity index (χ0) is 23.2. The Morgan fingerprint density at radius 3 is 2.22 bits per heavy atom. The Balaban J connectivity index is 0.000000222. The van der Waals surface area contributed by atoms with Crippen LogP contribution in [0, 0.1) is 0 Å². The van der Waals surface area contributed by atoms with Gasteiger partial charge in [-0.3, -0.25) is 4.21 Å². The number of methoxy groups -OCH3 is 2. The van der Waals surface area contributed by atoms with Gasteiger partial charge in [0.05, 0.1) is 25.7 Å². The van der Waals surface area contributed by atoms with Crippen LogP contribution >= 0.6 is 0 Å². The molecule has 1 N–H and O–H groups in total. The van der Waals surface area contributed by atoms with Gasteiger partial charge in [-0.15, -0.1) is 0 Å². The van der Waals surface area contributed by atoms with Crippen molar-refractivity contribution in [2.45, 2.75) is 28.4 Å². The van der Waals surface area contributed by atoms with Crippen LogP contribution in [0.1, 0.15) is 12.8 Å². The van der Waals surface area contributed by atoms with E-state index in [1.54, 1.807) is 42.5 Å². The van der Waals surface area contributed by atoms with Crippen molar-refractivity contribution in [2.24, 2.45) is 0 Å². The van der Waals surface area contributed by atoms with Crippen LogP contribution in [0.4, 0.5) is 0 Å². The fourth-order valence-electron chi connectivity index (χ4n) is 3.85. The van der Waals surface area contributed by atoms with E-state index in [1.807, 2.05) is 0 Å². The van der Waals surface area contributed by atoms with Crippen LogP contribution < -0.4 is 14.8 Å². The number of nitrogens with zero attached hydrogens (tertiary/aromatic N) is 1. The topological polar surface area (TPSA) is 117 Å². The first-order valence-corrected chi connectivity index (χ1v) is 12.6. The zero-order valence-corrected chi connectivity index (χ0v) is 19.6. The first kappa shape index (κ1) is 24.6. The van der Waals surface area contributed by atoms with Gasteiger partial charge in [0.2, 0.25) is 10.0 Å². The summed E-state index contributed by atoms with van der Waals surface area (Å²) in [4.78, 5) is 0.394. The third kappa shape index (κ3) is 5.13. The molecule has 1 atom stereocenters. The van der Waals surface area contributed by atoms with Gasteiger partial charge < -0.3 is 24.1 Å². The van der Waals surface area contributed by atoms with Crippen LogP contribution in [-0.2, 0) is 25.8 Å². The number of hydrogen-bond acceptors (Lipinski definition) is 8. The molecule has 2 aliphatic rings. The predicted octanol–water partition coefficient (Wildman–Crippen LogP) is 1.73. The number of rotatable bonds is 5. The van der Waals surface area contributed by atoms with Crippen LogP contribution in [0.3, 0.4) is 0 Å². The molecule has 1 unspecified atom stereocenters. The summed E-state index contributed by atoms with van der Waals surface area (Å²) in [6, 6.07) is 13.2. The molecule has 0 aromatic heterocycles. The molecule has 2 aromatic rings. The summed E-state index contributed by atoms with van der Waals surface area (Å²) in [5, 5.41) is 3.24. The SMILES string of the molecule is COc1ccccc1S(=O)(=O)N1CCOC12CCNCC2.COc1ccccc1S(=O)[O-]. The van der Waals surface area contributed by atoms with Gasteiger partial charge in [0.1, 0.15) is 22.1 Å². The Morgan fingerprint density at radius 1 is 1.03 bits per heavy atom. The first-order valence-electron chi connectivity index (χ1n) is 10.1.